The Morgan fingerprint density at radius 3 is 2.80 bits per heavy atom. The van der Waals surface area contributed by atoms with Crippen LogP contribution in [0.2, 0.25) is 5.02 Å². The predicted octanol–water partition coefficient (Wildman–Crippen LogP) is 5.62. The summed E-state index contributed by atoms with van der Waals surface area (Å²) in [7, 11) is 0. The fourth-order valence-electron chi connectivity index (χ4n) is 3.91. The molecule has 2 aromatic carbocycles. The molecule has 0 saturated heterocycles. The number of aryl methyl sites for hydroxylation is 1. The molecular weight excluding hydrogens is 394 g/mol. The first-order chi connectivity index (χ1) is 14.7. The van der Waals surface area contributed by atoms with E-state index in [2.05, 4.69) is 40.4 Å². The monoisotopic (exact) mass is 417 g/mol. The third-order valence-electron chi connectivity index (χ3n) is 5.44. The summed E-state index contributed by atoms with van der Waals surface area (Å²) in [5.74, 6) is -0.108. The number of halogens is 1. The maximum absolute atomic E-state index is 12.9. The summed E-state index contributed by atoms with van der Waals surface area (Å²) in [5.41, 5.74) is 5.52. The van der Waals surface area contributed by atoms with Crippen molar-refractivity contribution in [2.24, 2.45) is 0 Å². The molecule has 4 nitrogen and oxygen atoms in total. The van der Waals surface area contributed by atoms with E-state index in [0.29, 0.717) is 18.0 Å². The number of carbonyl (C=O) groups excluding carboxylic acids is 1. The van der Waals surface area contributed by atoms with Crippen molar-refractivity contribution >= 4 is 28.4 Å². The standard InChI is InChI=1S/C25H24ClN3O/c1-2-18-7-4-10-21-23(16-29-25(18)21)22(19-8-3-9-20(26)12-19)13-24(30)28-15-17-6-5-11-27-14-17/h3-12,14,16,22,29H,2,13,15H2,1H3,(H,28,30). The molecule has 2 N–H and O–H groups in total. The molecular formula is C25H24ClN3O. The van der Waals surface area contributed by atoms with Gasteiger partial charge >= 0.3 is 0 Å². The van der Waals surface area contributed by atoms with Crippen LogP contribution in [0.3, 0.4) is 0 Å². The molecule has 0 aliphatic carbocycles. The Kier molecular flexibility index (Phi) is 6.15. The third kappa shape index (κ3) is 4.39. The zero-order valence-corrected chi connectivity index (χ0v) is 17.6. The van der Waals surface area contributed by atoms with Gasteiger partial charge in [-0.1, -0.05) is 54.9 Å². The number of nitrogens with one attached hydrogen (secondary N) is 2. The van der Waals surface area contributed by atoms with Gasteiger partial charge in [0.15, 0.2) is 0 Å². The summed E-state index contributed by atoms with van der Waals surface area (Å²) in [5, 5.41) is 4.85. The van der Waals surface area contributed by atoms with E-state index >= 15 is 0 Å². The molecule has 4 rings (SSSR count). The molecule has 2 heterocycles. The van der Waals surface area contributed by atoms with E-state index < -0.39 is 0 Å². The molecule has 0 bridgehead atoms. The number of pyridine rings is 1. The lowest BCUT2D eigenvalue weighted by atomic mass is 9.87. The summed E-state index contributed by atoms with van der Waals surface area (Å²) in [6.45, 7) is 2.61. The Bertz CT molecular complexity index is 1150. The van der Waals surface area contributed by atoms with Crippen molar-refractivity contribution in [2.75, 3.05) is 0 Å². The van der Waals surface area contributed by atoms with Crippen LogP contribution in [-0.2, 0) is 17.8 Å². The van der Waals surface area contributed by atoms with Crippen LogP contribution < -0.4 is 5.32 Å². The van der Waals surface area contributed by atoms with Crippen molar-refractivity contribution in [3.63, 3.8) is 0 Å². The lowest BCUT2D eigenvalue weighted by molar-refractivity contribution is -0.121. The van der Waals surface area contributed by atoms with Gasteiger partial charge in [-0.05, 0) is 46.9 Å². The van der Waals surface area contributed by atoms with Gasteiger partial charge in [0.1, 0.15) is 0 Å². The number of aromatic nitrogens is 2. The summed E-state index contributed by atoms with van der Waals surface area (Å²) >= 11 is 6.28. The second kappa shape index (κ2) is 9.14. The predicted molar refractivity (Wildman–Crippen MR) is 122 cm³/mol. The normalized spacial score (nSPS) is 12.1. The number of benzene rings is 2. The van der Waals surface area contributed by atoms with E-state index in [1.807, 2.05) is 42.6 Å². The Labute approximate surface area is 181 Å². The van der Waals surface area contributed by atoms with E-state index in [1.54, 1.807) is 12.4 Å². The summed E-state index contributed by atoms with van der Waals surface area (Å²) < 4.78 is 0. The summed E-state index contributed by atoms with van der Waals surface area (Å²) in [4.78, 5) is 20.4. The largest absolute Gasteiger partial charge is 0.361 e. The highest BCUT2D eigenvalue weighted by molar-refractivity contribution is 6.30. The second-order valence-corrected chi connectivity index (χ2v) is 7.82. The van der Waals surface area contributed by atoms with Crippen molar-refractivity contribution in [1.82, 2.24) is 15.3 Å². The van der Waals surface area contributed by atoms with Crippen LogP contribution in [0.4, 0.5) is 0 Å². The maximum atomic E-state index is 12.9. The van der Waals surface area contributed by atoms with Crippen LogP contribution in [0.1, 0.15) is 41.5 Å². The molecule has 0 spiro atoms. The fraction of sp³-hybridized carbons (Fsp3) is 0.200. The van der Waals surface area contributed by atoms with Crippen LogP contribution >= 0.6 is 11.6 Å². The number of para-hydroxylation sites is 1. The second-order valence-electron chi connectivity index (χ2n) is 7.39. The van der Waals surface area contributed by atoms with Gasteiger partial charge in [-0.2, -0.15) is 0 Å². The molecule has 0 radical (unpaired) electrons. The van der Waals surface area contributed by atoms with E-state index in [-0.39, 0.29) is 11.8 Å². The molecule has 1 atom stereocenters. The van der Waals surface area contributed by atoms with Crippen molar-refractivity contribution in [2.45, 2.75) is 32.2 Å². The smallest absolute Gasteiger partial charge is 0.221 e. The van der Waals surface area contributed by atoms with Crippen LogP contribution in [0.5, 0.6) is 0 Å². The first-order valence-corrected chi connectivity index (χ1v) is 10.5. The zero-order chi connectivity index (χ0) is 20.9. The number of hydrogen-bond donors (Lipinski definition) is 2. The zero-order valence-electron chi connectivity index (χ0n) is 16.9. The Morgan fingerprint density at radius 2 is 2.03 bits per heavy atom. The van der Waals surface area contributed by atoms with Gasteiger partial charge in [-0.25, -0.2) is 0 Å². The number of amides is 1. The number of H-pyrrole nitrogens is 1. The average Bonchev–Trinajstić information content (AvgIpc) is 3.21. The number of aromatic amines is 1. The van der Waals surface area contributed by atoms with Crippen molar-refractivity contribution in [3.8, 4) is 0 Å². The first kappa shape index (κ1) is 20.2. The molecule has 152 valence electrons. The van der Waals surface area contributed by atoms with Gasteiger partial charge in [0.2, 0.25) is 5.91 Å². The molecule has 30 heavy (non-hydrogen) atoms. The molecule has 0 aliphatic heterocycles. The minimum atomic E-state index is -0.0987. The summed E-state index contributed by atoms with van der Waals surface area (Å²) in [6, 6.07) is 17.9. The molecule has 1 amide bonds. The molecule has 0 aliphatic rings. The minimum Gasteiger partial charge on any atom is -0.361 e. The van der Waals surface area contributed by atoms with Crippen molar-refractivity contribution in [1.29, 1.82) is 0 Å². The van der Waals surface area contributed by atoms with E-state index in [4.69, 9.17) is 11.6 Å². The number of fused-ring (bicyclic) bond motifs is 1. The topological polar surface area (TPSA) is 57.8 Å². The van der Waals surface area contributed by atoms with E-state index in [0.717, 1.165) is 34.0 Å². The quantitative estimate of drug-likeness (QED) is 0.410. The third-order valence-corrected chi connectivity index (χ3v) is 5.68. The number of nitrogens with zero attached hydrogens (tertiary/aromatic N) is 1. The lowest BCUT2D eigenvalue weighted by Gasteiger charge is -2.18. The van der Waals surface area contributed by atoms with Gasteiger partial charge < -0.3 is 10.3 Å². The maximum Gasteiger partial charge on any atom is 0.221 e. The van der Waals surface area contributed by atoms with Crippen LogP contribution in [0.25, 0.3) is 10.9 Å². The Hall–Kier alpha value is -3.11. The van der Waals surface area contributed by atoms with Crippen LogP contribution in [0, 0.1) is 0 Å². The van der Waals surface area contributed by atoms with Gasteiger partial charge in [0, 0.05) is 53.4 Å². The summed E-state index contributed by atoms with van der Waals surface area (Å²) in [6.07, 6.45) is 6.81. The minimum absolute atomic E-state index is 0.00942. The number of hydrogen-bond acceptors (Lipinski definition) is 2. The Balaban J connectivity index is 1.65. The number of carbonyl (C=O) groups is 1. The Morgan fingerprint density at radius 1 is 1.17 bits per heavy atom. The lowest BCUT2D eigenvalue weighted by Crippen LogP contribution is -2.25. The molecule has 5 heteroatoms. The van der Waals surface area contributed by atoms with E-state index in [9.17, 15) is 4.79 Å². The van der Waals surface area contributed by atoms with Crippen LogP contribution in [-0.4, -0.2) is 15.9 Å². The SMILES string of the molecule is CCc1cccc2c(C(CC(=O)NCc3cccnc3)c3cccc(Cl)c3)c[nH]c12. The van der Waals surface area contributed by atoms with Crippen LogP contribution in [0.15, 0.2) is 73.2 Å². The molecule has 4 aromatic rings. The van der Waals surface area contributed by atoms with Gasteiger partial charge in [0.05, 0.1) is 0 Å². The van der Waals surface area contributed by atoms with E-state index in [1.165, 1.54) is 5.56 Å². The molecule has 1 unspecified atom stereocenters. The molecule has 0 saturated carbocycles. The van der Waals surface area contributed by atoms with Crippen molar-refractivity contribution in [3.05, 3.63) is 100 Å². The average molecular weight is 418 g/mol. The van der Waals surface area contributed by atoms with Crippen molar-refractivity contribution < 1.29 is 4.79 Å². The highest BCUT2D eigenvalue weighted by Gasteiger charge is 2.22. The first-order valence-electron chi connectivity index (χ1n) is 10.2. The highest BCUT2D eigenvalue weighted by Crippen LogP contribution is 2.35. The number of rotatable bonds is 7. The van der Waals surface area contributed by atoms with Gasteiger partial charge in [-0.15, -0.1) is 0 Å². The van der Waals surface area contributed by atoms with Gasteiger partial charge in [0.25, 0.3) is 0 Å². The molecule has 2 aromatic heterocycles. The fourth-order valence-corrected chi connectivity index (χ4v) is 4.11. The highest BCUT2D eigenvalue weighted by atomic mass is 35.5. The molecule has 0 fully saturated rings. The van der Waals surface area contributed by atoms with Gasteiger partial charge in [-0.3, -0.25) is 9.78 Å².